The molecule has 1 aromatic heterocycles. The molecular weight excluding hydrogens is 306 g/mol. The standard InChI is InChI=1S/C19H15NO2S/c21-19(20-14-6-2-1-3-7-14)17-12-13-10-11-22-16-9-5-4-8-15(16)18(13)23-17/h1-9,12H,10-11H2,(H,20,21). The molecule has 0 atom stereocenters. The van der Waals surface area contributed by atoms with Crippen molar-refractivity contribution in [3.8, 4) is 16.2 Å². The average Bonchev–Trinajstić information content (AvgIpc) is 2.93. The summed E-state index contributed by atoms with van der Waals surface area (Å²) in [5.74, 6) is 0.829. The molecule has 0 saturated heterocycles. The number of rotatable bonds is 2. The Balaban J connectivity index is 1.68. The summed E-state index contributed by atoms with van der Waals surface area (Å²) in [4.78, 5) is 14.4. The summed E-state index contributed by atoms with van der Waals surface area (Å²) < 4.78 is 5.79. The molecule has 1 aliphatic heterocycles. The number of nitrogens with one attached hydrogen (secondary N) is 1. The Kier molecular flexibility index (Phi) is 3.60. The number of hydrogen-bond donors (Lipinski definition) is 1. The first kappa shape index (κ1) is 14.0. The summed E-state index contributed by atoms with van der Waals surface area (Å²) in [5.41, 5.74) is 3.06. The van der Waals surface area contributed by atoms with Gasteiger partial charge >= 0.3 is 0 Å². The summed E-state index contributed by atoms with van der Waals surface area (Å²) in [6.45, 7) is 0.639. The van der Waals surface area contributed by atoms with Crippen LogP contribution in [0.5, 0.6) is 5.75 Å². The Morgan fingerprint density at radius 1 is 1.04 bits per heavy atom. The number of fused-ring (bicyclic) bond motifs is 3. The predicted octanol–water partition coefficient (Wildman–Crippen LogP) is 4.60. The number of carbonyl (C=O) groups is 1. The molecule has 1 amide bonds. The third-order valence-electron chi connectivity index (χ3n) is 3.83. The van der Waals surface area contributed by atoms with Crippen molar-refractivity contribution >= 4 is 22.9 Å². The summed E-state index contributed by atoms with van der Waals surface area (Å²) in [5, 5.41) is 2.95. The van der Waals surface area contributed by atoms with E-state index in [-0.39, 0.29) is 5.91 Å². The second-order valence-corrected chi connectivity index (χ2v) is 6.43. The zero-order chi connectivity index (χ0) is 15.6. The summed E-state index contributed by atoms with van der Waals surface area (Å²) in [6, 6.07) is 19.5. The maximum atomic E-state index is 12.5. The summed E-state index contributed by atoms with van der Waals surface area (Å²) in [7, 11) is 0. The van der Waals surface area contributed by atoms with Gasteiger partial charge in [0.25, 0.3) is 5.91 Å². The zero-order valence-electron chi connectivity index (χ0n) is 12.4. The van der Waals surface area contributed by atoms with E-state index in [2.05, 4.69) is 11.4 Å². The van der Waals surface area contributed by atoms with Crippen LogP contribution in [0.25, 0.3) is 10.4 Å². The van der Waals surface area contributed by atoms with E-state index in [1.807, 2.05) is 54.6 Å². The smallest absolute Gasteiger partial charge is 0.265 e. The van der Waals surface area contributed by atoms with Crippen molar-refractivity contribution < 1.29 is 9.53 Å². The van der Waals surface area contributed by atoms with Gasteiger partial charge in [-0.15, -0.1) is 11.3 Å². The first-order chi connectivity index (χ1) is 11.3. The van der Waals surface area contributed by atoms with Crippen LogP contribution in [0.3, 0.4) is 0 Å². The zero-order valence-corrected chi connectivity index (χ0v) is 13.2. The van der Waals surface area contributed by atoms with Crippen molar-refractivity contribution in [2.24, 2.45) is 0 Å². The van der Waals surface area contributed by atoms with Crippen LogP contribution in [-0.4, -0.2) is 12.5 Å². The third kappa shape index (κ3) is 2.73. The van der Waals surface area contributed by atoms with Gasteiger partial charge in [0.05, 0.1) is 11.5 Å². The highest BCUT2D eigenvalue weighted by Crippen LogP contribution is 2.40. The van der Waals surface area contributed by atoms with Crippen LogP contribution in [0.4, 0.5) is 5.69 Å². The van der Waals surface area contributed by atoms with E-state index in [4.69, 9.17) is 4.74 Å². The van der Waals surface area contributed by atoms with Crippen molar-refractivity contribution in [2.75, 3.05) is 11.9 Å². The fourth-order valence-corrected chi connectivity index (χ4v) is 3.86. The van der Waals surface area contributed by atoms with Gasteiger partial charge in [-0.3, -0.25) is 4.79 Å². The molecule has 0 unspecified atom stereocenters. The van der Waals surface area contributed by atoms with Gasteiger partial charge < -0.3 is 10.1 Å². The molecule has 2 heterocycles. The van der Waals surface area contributed by atoms with Crippen molar-refractivity contribution in [3.63, 3.8) is 0 Å². The van der Waals surface area contributed by atoms with Crippen LogP contribution in [-0.2, 0) is 6.42 Å². The largest absolute Gasteiger partial charge is 0.493 e. The molecule has 23 heavy (non-hydrogen) atoms. The second-order valence-electron chi connectivity index (χ2n) is 5.38. The van der Waals surface area contributed by atoms with E-state index >= 15 is 0 Å². The topological polar surface area (TPSA) is 38.3 Å². The molecule has 0 aliphatic carbocycles. The fraction of sp³-hybridized carbons (Fsp3) is 0.105. The summed E-state index contributed by atoms with van der Waals surface area (Å²) >= 11 is 1.53. The van der Waals surface area contributed by atoms with Crippen LogP contribution in [0.15, 0.2) is 60.7 Å². The summed E-state index contributed by atoms with van der Waals surface area (Å²) in [6.07, 6.45) is 0.819. The van der Waals surface area contributed by atoms with E-state index in [1.165, 1.54) is 16.9 Å². The lowest BCUT2D eigenvalue weighted by Gasteiger charge is -2.06. The number of hydrogen-bond acceptors (Lipinski definition) is 3. The van der Waals surface area contributed by atoms with Crippen LogP contribution in [0, 0.1) is 0 Å². The van der Waals surface area contributed by atoms with E-state index in [9.17, 15) is 4.79 Å². The number of amides is 1. The lowest BCUT2D eigenvalue weighted by atomic mass is 10.1. The first-order valence-corrected chi connectivity index (χ1v) is 8.34. The molecule has 4 rings (SSSR count). The quantitative estimate of drug-likeness (QED) is 0.749. The number of carbonyl (C=O) groups excluding carboxylic acids is 1. The highest BCUT2D eigenvalue weighted by Gasteiger charge is 2.20. The molecule has 1 aliphatic rings. The minimum atomic E-state index is -0.0623. The number of para-hydroxylation sites is 2. The Hall–Kier alpha value is -2.59. The molecule has 4 heteroatoms. The average molecular weight is 321 g/mol. The molecule has 0 saturated carbocycles. The van der Waals surface area contributed by atoms with Crippen LogP contribution in [0.2, 0.25) is 0 Å². The Bertz CT molecular complexity index is 855. The van der Waals surface area contributed by atoms with Crippen LogP contribution >= 0.6 is 11.3 Å². The first-order valence-electron chi connectivity index (χ1n) is 7.52. The van der Waals surface area contributed by atoms with Gasteiger partial charge in [-0.25, -0.2) is 0 Å². The van der Waals surface area contributed by atoms with E-state index < -0.39 is 0 Å². The van der Waals surface area contributed by atoms with E-state index in [0.717, 1.165) is 33.2 Å². The molecule has 0 spiro atoms. The lowest BCUT2D eigenvalue weighted by molar-refractivity contribution is 0.103. The molecule has 3 aromatic rings. The van der Waals surface area contributed by atoms with Gasteiger partial charge in [0.1, 0.15) is 5.75 Å². The van der Waals surface area contributed by atoms with Crippen molar-refractivity contribution in [3.05, 3.63) is 71.1 Å². The number of anilines is 1. The van der Waals surface area contributed by atoms with Gasteiger partial charge in [0, 0.05) is 22.5 Å². The van der Waals surface area contributed by atoms with Gasteiger partial charge in [0.2, 0.25) is 0 Å². The molecular formula is C19H15NO2S. The predicted molar refractivity (Wildman–Crippen MR) is 93.3 cm³/mol. The maximum absolute atomic E-state index is 12.5. The fourth-order valence-electron chi connectivity index (χ4n) is 2.72. The monoisotopic (exact) mass is 321 g/mol. The maximum Gasteiger partial charge on any atom is 0.265 e. The molecule has 0 radical (unpaired) electrons. The van der Waals surface area contributed by atoms with E-state index in [0.29, 0.717) is 6.61 Å². The lowest BCUT2D eigenvalue weighted by Crippen LogP contribution is -2.10. The van der Waals surface area contributed by atoms with Crippen molar-refractivity contribution in [1.82, 2.24) is 0 Å². The minimum absolute atomic E-state index is 0.0623. The highest BCUT2D eigenvalue weighted by atomic mass is 32.1. The highest BCUT2D eigenvalue weighted by molar-refractivity contribution is 7.17. The Morgan fingerprint density at radius 2 is 1.83 bits per heavy atom. The van der Waals surface area contributed by atoms with Gasteiger partial charge in [0.15, 0.2) is 0 Å². The Labute approximate surface area is 138 Å². The van der Waals surface area contributed by atoms with Gasteiger partial charge in [-0.1, -0.05) is 30.3 Å². The molecule has 114 valence electrons. The normalized spacial score (nSPS) is 12.5. The van der Waals surface area contributed by atoms with Crippen LogP contribution in [0.1, 0.15) is 15.2 Å². The van der Waals surface area contributed by atoms with Gasteiger partial charge in [-0.05, 0) is 35.9 Å². The number of ether oxygens (including phenoxy) is 1. The number of thiophene rings is 1. The minimum Gasteiger partial charge on any atom is -0.493 e. The second kappa shape index (κ2) is 5.89. The molecule has 0 fully saturated rings. The molecule has 1 N–H and O–H groups in total. The third-order valence-corrected chi connectivity index (χ3v) is 5.03. The van der Waals surface area contributed by atoms with E-state index in [1.54, 1.807) is 0 Å². The SMILES string of the molecule is O=C(Nc1ccccc1)c1cc2c(s1)-c1ccccc1OCC2. The molecule has 2 aromatic carbocycles. The Morgan fingerprint density at radius 3 is 2.70 bits per heavy atom. The van der Waals surface area contributed by atoms with Gasteiger partial charge in [-0.2, -0.15) is 0 Å². The van der Waals surface area contributed by atoms with Crippen molar-refractivity contribution in [2.45, 2.75) is 6.42 Å². The van der Waals surface area contributed by atoms with Crippen molar-refractivity contribution in [1.29, 1.82) is 0 Å². The molecule has 0 bridgehead atoms. The number of benzene rings is 2. The molecule has 3 nitrogen and oxygen atoms in total. The van der Waals surface area contributed by atoms with Crippen LogP contribution < -0.4 is 10.1 Å².